The van der Waals surface area contributed by atoms with Gasteiger partial charge in [0.05, 0.1) is 19.3 Å². The highest BCUT2D eigenvalue weighted by Crippen LogP contribution is 2.33. The van der Waals surface area contributed by atoms with Crippen molar-refractivity contribution < 1.29 is 23.8 Å². The summed E-state index contributed by atoms with van der Waals surface area (Å²) in [7, 11) is 1.39. The minimum Gasteiger partial charge on any atom is -0.467 e. The quantitative estimate of drug-likeness (QED) is 0.537. The number of ether oxygens (including phenoxy) is 3. The Hall–Kier alpha value is -2.12. The van der Waals surface area contributed by atoms with Gasteiger partial charge in [0, 0.05) is 32.7 Å². The molecule has 1 unspecified atom stereocenters. The fraction of sp³-hybridized carbons (Fsp3) is 0.636. The van der Waals surface area contributed by atoms with Crippen LogP contribution in [0.3, 0.4) is 0 Å². The average molecular weight is 405 g/mol. The molecule has 3 rings (SSSR count). The molecule has 29 heavy (non-hydrogen) atoms. The van der Waals surface area contributed by atoms with E-state index in [1.165, 1.54) is 12.7 Å². The van der Waals surface area contributed by atoms with Crippen LogP contribution in [0.2, 0.25) is 0 Å². The maximum Gasteiger partial charge on any atom is 0.409 e. The molecule has 0 saturated carbocycles. The number of hydrogen-bond donors (Lipinski definition) is 0. The van der Waals surface area contributed by atoms with E-state index in [1.807, 2.05) is 18.2 Å². The second-order valence-corrected chi connectivity index (χ2v) is 7.92. The third-order valence-corrected chi connectivity index (χ3v) is 5.70. The van der Waals surface area contributed by atoms with Crippen molar-refractivity contribution >= 4 is 12.1 Å². The first-order valence-corrected chi connectivity index (χ1v) is 10.5. The van der Waals surface area contributed by atoms with Crippen LogP contribution >= 0.6 is 0 Å². The standard InChI is InChI=1S/C22H32N2O5/c1-3-4-14-28-21(26)24-12-10-22(11-13-24)17-23(15-18-8-6-5-7-9-18)16-19(29-22)20(25)27-2/h5-9,19H,3-4,10-17H2,1-2H3. The Kier molecular flexibility index (Phi) is 7.50. The van der Waals surface area contributed by atoms with Crippen molar-refractivity contribution in [2.75, 3.05) is 39.9 Å². The second-order valence-electron chi connectivity index (χ2n) is 7.92. The lowest BCUT2D eigenvalue weighted by atomic mass is 9.88. The number of carbonyl (C=O) groups is 2. The molecule has 160 valence electrons. The van der Waals surface area contributed by atoms with Crippen LogP contribution in [0.4, 0.5) is 4.79 Å². The van der Waals surface area contributed by atoms with Crippen molar-refractivity contribution in [1.82, 2.24) is 9.80 Å². The summed E-state index contributed by atoms with van der Waals surface area (Å²) >= 11 is 0. The molecule has 1 spiro atoms. The number of methoxy groups -OCH3 is 1. The molecule has 0 aliphatic carbocycles. The third kappa shape index (κ3) is 5.70. The maximum atomic E-state index is 12.3. The number of unbranched alkanes of at least 4 members (excludes halogenated alkanes) is 1. The van der Waals surface area contributed by atoms with Gasteiger partial charge in [0.15, 0.2) is 6.10 Å². The molecule has 0 N–H and O–H groups in total. The molecule has 0 aromatic heterocycles. The highest BCUT2D eigenvalue weighted by atomic mass is 16.6. The topological polar surface area (TPSA) is 68.3 Å². The van der Waals surface area contributed by atoms with Crippen LogP contribution in [0.1, 0.15) is 38.2 Å². The van der Waals surface area contributed by atoms with Gasteiger partial charge in [0.25, 0.3) is 0 Å². The monoisotopic (exact) mass is 404 g/mol. The summed E-state index contributed by atoms with van der Waals surface area (Å²) in [6.07, 6.45) is 2.36. The molecule has 2 saturated heterocycles. The van der Waals surface area contributed by atoms with E-state index in [9.17, 15) is 9.59 Å². The first-order valence-electron chi connectivity index (χ1n) is 10.5. The van der Waals surface area contributed by atoms with Crippen LogP contribution in [0.15, 0.2) is 30.3 Å². The Morgan fingerprint density at radius 2 is 1.93 bits per heavy atom. The zero-order chi connectivity index (χ0) is 20.7. The number of piperidine rings is 1. The molecular weight excluding hydrogens is 372 g/mol. The first kappa shape index (κ1) is 21.6. The molecule has 2 fully saturated rings. The summed E-state index contributed by atoms with van der Waals surface area (Å²) in [5, 5.41) is 0. The summed E-state index contributed by atoms with van der Waals surface area (Å²) in [6, 6.07) is 10.2. The van der Waals surface area contributed by atoms with Crippen LogP contribution in [0.5, 0.6) is 0 Å². The van der Waals surface area contributed by atoms with E-state index in [0.29, 0.717) is 39.1 Å². The van der Waals surface area contributed by atoms with Crippen LogP contribution in [0, 0.1) is 0 Å². The van der Waals surface area contributed by atoms with Crippen LogP contribution in [-0.2, 0) is 25.5 Å². The van der Waals surface area contributed by atoms with Gasteiger partial charge in [-0.05, 0) is 24.8 Å². The second kappa shape index (κ2) is 10.1. The van der Waals surface area contributed by atoms with Gasteiger partial charge in [-0.15, -0.1) is 0 Å². The van der Waals surface area contributed by atoms with Gasteiger partial charge in [-0.25, -0.2) is 9.59 Å². The summed E-state index contributed by atoms with van der Waals surface area (Å²) in [5.41, 5.74) is 0.747. The number of amides is 1. The van der Waals surface area contributed by atoms with Gasteiger partial charge in [-0.1, -0.05) is 43.7 Å². The number of morpholine rings is 1. The normalized spacial score (nSPS) is 21.7. The lowest BCUT2D eigenvalue weighted by Gasteiger charge is -2.49. The van der Waals surface area contributed by atoms with Crippen molar-refractivity contribution in [3.8, 4) is 0 Å². The van der Waals surface area contributed by atoms with E-state index in [2.05, 4.69) is 24.0 Å². The molecule has 1 aromatic carbocycles. The minimum absolute atomic E-state index is 0.255. The van der Waals surface area contributed by atoms with Crippen molar-refractivity contribution in [3.05, 3.63) is 35.9 Å². The van der Waals surface area contributed by atoms with Gasteiger partial charge in [0.2, 0.25) is 0 Å². The molecule has 7 nitrogen and oxygen atoms in total. The Labute approximate surface area is 172 Å². The lowest BCUT2D eigenvalue weighted by Crippen LogP contribution is -2.61. The molecule has 2 aliphatic rings. The number of carbonyl (C=O) groups excluding carboxylic acids is 2. The van der Waals surface area contributed by atoms with Crippen molar-refractivity contribution in [3.63, 3.8) is 0 Å². The molecule has 2 aliphatic heterocycles. The highest BCUT2D eigenvalue weighted by molar-refractivity contribution is 5.75. The zero-order valence-electron chi connectivity index (χ0n) is 17.5. The Morgan fingerprint density at radius 3 is 2.59 bits per heavy atom. The summed E-state index contributed by atoms with van der Waals surface area (Å²) in [5.74, 6) is -0.344. The molecule has 0 bridgehead atoms. The largest absolute Gasteiger partial charge is 0.467 e. The van der Waals surface area contributed by atoms with E-state index in [0.717, 1.165) is 25.9 Å². The number of likely N-dealkylation sites (tertiary alicyclic amines) is 1. The average Bonchev–Trinajstić information content (AvgIpc) is 2.74. The van der Waals surface area contributed by atoms with Gasteiger partial charge in [-0.2, -0.15) is 0 Å². The highest BCUT2D eigenvalue weighted by Gasteiger charge is 2.46. The molecule has 7 heteroatoms. The van der Waals surface area contributed by atoms with Crippen LogP contribution < -0.4 is 0 Å². The lowest BCUT2D eigenvalue weighted by molar-refractivity contribution is -0.198. The smallest absolute Gasteiger partial charge is 0.409 e. The van der Waals surface area contributed by atoms with Gasteiger partial charge < -0.3 is 19.1 Å². The molecule has 1 aromatic rings. The fourth-order valence-electron chi connectivity index (χ4n) is 4.07. The van der Waals surface area contributed by atoms with E-state index in [1.54, 1.807) is 4.90 Å². The first-order chi connectivity index (χ1) is 14.0. The number of hydrogen-bond acceptors (Lipinski definition) is 6. The van der Waals surface area contributed by atoms with E-state index < -0.39 is 11.7 Å². The van der Waals surface area contributed by atoms with Gasteiger partial charge >= 0.3 is 12.1 Å². The van der Waals surface area contributed by atoms with Crippen LogP contribution in [-0.4, -0.2) is 73.5 Å². The van der Waals surface area contributed by atoms with Crippen molar-refractivity contribution in [1.29, 1.82) is 0 Å². The number of rotatable bonds is 6. The van der Waals surface area contributed by atoms with Gasteiger partial charge in [-0.3, -0.25) is 4.90 Å². The zero-order valence-corrected chi connectivity index (χ0v) is 17.5. The van der Waals surface area contributed by atoms with Gasteiger partial charge in [0.1, 0.15) is 0 Å². The number of nitrogens with zero attached hydrogens (tertiary/aromatic N) is 2. The van der Waals surface area contributed by atoms with E-state index >= 15 is 0 Å². The molecule has 2 heterocycles. The Balaban J connectivity index is 1.64. The SMILES string of the molecule is CCCCOC(=O)N1CCC2(CC1)CN(Cc1ccccc1)CC(C(=O)OC)O2. The molecular formula is C22H32N2O5. The van der Waals surface area contributed by atoms with Crippen molar-refractivity contribution in [2.24, 2.45) is 0 Å². The van der Waals surface area contributed by atoms with Crippen LogP contribution in [0.25, 0.3) is 0 Å². The maximum absolute atomic E-state index is 12.3. The van der Waals surface area contributed by atoms with E-state index in [-0.39, 0.29) is 12.1 Å². The van der Waals surface area contributed by atoms with E-state index in [4.69, 9.17) is 14.2 Å². The van der Waals surface area contributed by atoms with Crippen molar-refractivity contribution in [2.45, 2.75) is 50.9 Å². The molecule has 1 atom stereocenters. The minimum atomic E-state index is -0.611. The summed E-state index contributed by atoms with van der Waals surface area (Å²) < 4.78 is 16.6. The third-order valence-electron chi connectivity index (χ3n) is 5.70. The Morgan fingerprint density at radius 1 is 1.21 bits per heavy atom. The summed E-state index contributed by atoms with van der Waals surface area (Å²) in [4.78, 5) is 28.5. The fourth-order valence-corrected chi connectivity index (χ4v) is 4.07. The summed E-state index contributed by atoms with van der Waals surface area (Å²) in [6.45, 7) is 5.65. The number of benzene rings is 1. The molecule has 1 amide bonds. The predicted octanol–water partition coefficient (Wildman–Crippen LogP) is 2.83. The molecule has 0 radical (unpaired) electrons. The predicted molar refractivity (Wildman–Crippen MR) is 108 cm³/mol. The number of esters is 1. The Bertz CT molecular complexity index is 673.